The molecule has 0 heterocycles. The van der Waals surface area contributed by atoms with Gasteiger partial charge in [0.25, 0.3) is 0 Å². The first-order valence-electron chi connectivity index (χ1n) is 5.56. The van der Waals surface area contributed by atoms with E-state index < -0.39 is 25.6 Å². The molecule has 0 fully saturated rings. The maximum absolute atomic E-state index is 11.8. The van der Waals surface area contributed by atoms with Gasteiger partial charge in [0, 0.05) is 31.5 Å². The molecule has 19 heavy (non-hydrogen) atoms. The quantitative estimate of drug-likeness (QED) is 0.756. The summed E-state index contributed by atoms with van der Waals surface area (Å²) >= 11 is 0. The summed E-state index contributed by atoms with van der Waals surface area (Å²) in [7, 11) is -7.11. The summed E-state index contributed by atoms with van der Waals surface area (Å²) in [5.41, 5.74) is 11.3. The summed E-state index contributed by atoms with van der Waals surface area (Å²) in [6, 6.07) is 4.15. The van der Waals surface area contributed by atoms with Gasteiger partial charge in [-0.15, -0.1) is 0 Å². The lowest BCUT2D eigenvalue weighted by molar-refractivity contribution is 0.590. The van der Waals surface area contributed by atoms with Gasteiger partial charge in [-0.3, -0.25) is 0 Å². The summed E-state index contributed by atoms with van der Waals surface area (Å²) < 4.78 is 47.2. The molecule has 108 valence electrons. The van der Waals surface area contributed by atoms with Gasteiger partial charge in [0.05, 0.1) is 9.79 Å². The average molecular weight is 306 g/mol. The molecule has 0 saturated carbocycles. The van der Waals surface area contributed by atoms with Crippen molar-refractivity contribution in [3.63, 3.8) is 0 Å². The van der Waals surface area contributed by atoms with E-state index in [1.54, 1.807) is 0 Å². The van der Waals surface area contributed by atoms with E-state index in [9.17, 15) is 16.8 Å². The highest BCUT2D eigenvalue weighted by molar-refractivity contribution is 7.91. The van der Waals surface area contributed by atoms with Crippen molar-refractivity contribution >= 4 is 19.7 Å². The van der Waals surface area contributed by atoms with Gasteiger partial charge in [-0.1, -0.05) is 6.07 Å². The molecule has 0 amide bonds. The Labute approximate surface area is 113 Å². The fourth-order valence-corrected chi connectivity index (χ4v) is 3.97. The Balaban J connectivity index is 3.79. The van der Waals surface area contributed by atoms with Crippen molar-refractivity contribution in [2.75, 3.05) is 25.6 Å². The molecule has 0 aliphatic heterocycles. The molecule has 1 aromatic rings. The predicted octanol–water partition coefficient (Wildman–Crippen LogP) is -0.505. The van der Waals surface area contributed by atoms with E-state index in [1.165, 1.54) is 18.2 Å². The van der Waals surface area contributed by atoms with Crippen molar-refractivity contribution in [1.29, 1.82) is 0 Å². The van der Waals surface area contributed by atoms with Crippen LogP contribution < -0.4 is 11.5 Å². The van der Waals surface area contributed by atoms with Crippen LogP contribution in [0.3, 0.4) is 0 Å². The highest BCUT2D eigenvalue weighted by Crippen LogP contribution is 2.30. The zero-order valence-corrected chi connectivity index (χ0v) is 12.5. The van der Waals surface area contributed by atoms with Crippen LogP contribution in [0.5, 0.6) is 0 Å². The second-order valence-electron chi connectivity index (χ2n) is 4.38. The lowest BCUT2D eigenvalue weighted by atomic mass is 9.99. The minimum atomic E-state index is -3.56. The third-order valence-electron chi connectivity index (χ3n) is 2.80. The maximum Gasteiger partial charge on any atom is 0.175 e. The number of rotatable bonds is 5. The maximum atomic E-state index is 11.8. The summed E-state index contributed by atoms with van der Waals surface area (Å²) in [5, 5.41) is 0. The van der Waals surface area contributed by atoms with Crippen LogP contribution in [-0.2, 0) is 19.7 Å². The third kappa shape index (κ3) is 3.53. The molecule has 1 rings (SSSR count). The van der Waals surface area contributed by atoms with Gasteiger partial charge in [-0.05, 0) is 17.7 Å². The Kier molecular flexibility index (Phi) is 4.72. The van der Waals surface area contributed by atoms with Gasteiger partial charge < -0.3 is 11.5 Å². The highest BCUT2D eigenvalue weighted by Gasteiger charge is 2.26. The minimum Gasteiger partial charge on any atom is -0.330 e. The number of nitrogens with two attached hydrogens (primary N) is 2. The summed E-state index contributed by atoms with van der Waals surface area (Å²) in [5.74, 6) is -0.518. The van der Waals surface area contributed by atoms with E-state index >= 15 is 0 Å². The number of benzene rings is 1. The van der Waals surface area contributed by atoms with Crippen molar-refractivity contribution in [2.24, 2.45) is 11.5 Å². The monoisotopic (exact) mass is 306 g/mol. The smallest absolute Gasteiger partial charge is 0.175 e. The van der Waals surface area contributed by atoms with E-state index in [0.29, 0.717) is 0 Å². The van der Waals surface area contributed by atoms with Crippen molar-refractivity contribution < 1.29 is 16.8 Å². The molecule has 1 aromatic carbocycles. The molecule has 0 saturated heterocycles. The summed E-state index contributed by atoms with van der Waals surface area (Å²) in [6.07, 6.45) is 2.06. The molecule has 0 spiro atoms. The van der Waals surface area contributed by atoms with Gasteiger partial charge in [-0.25, -0.2) is 16.8 Å². The lowest BCUT2D eigenvalue weighted by Gasteiger charge is -2.19. The van der Waals surface area contributed by atoms with Gasteiger partial charge in [0.15, 0.2) is 19.7 Å². The molecule has 8 heteroatoms. The van der Waals surface area contributed by atoms with E-state index in [2.05, 4.69) is 0 Å². The molecular formula is C11H18N2O4S2. The molecule has 0 unspecified atom stereocenters. The first kappa shape index (κ1) is 16.1. The van der Waals surface area contributed by atoms with E-state index in [-0.39, 0.29) is 28.4 Å². The number of sulfone groups is 2. The second kappa shape index (κ2) is 5.58. The highest BCUT2D eigenvalue weighted by atomic mass is 32.2. The van der Waals surface area contributed by atoms with Crippen LogP contribution >= 0.6 is 0 Å². The van der Waals surface area contributed by atoms with Crippen LogP contribution in [0, 0.1) is 0 Å². The predicted molar refractivity (Wildman–Crippen MR) is 73.5 cm³/mol. The molecule has 0 radical (unpaired) electrons. The zero-order valence-electron chi connectivity index (χ0n) is 10.8. The molecule has 6 nitrogen and oxygen atoms in total. The number of hydrogen-bond donors (Lipinski definition) is 2. The lowest BCUT2D eigenvalue weighted by Crippen LogP contribution is -2.25. The Bertz CT molecular complexity index is 612. The Morgan fingerprint density at radius 3 is 1.58 bits per heavy atom. The first-order chi connectivity index (χ1) is 8.62. The average Bonchev–Trinajstić information content (AvgIpc) is 2.28. The Morgan fingerprint density at radius 2 is 1.32 bits per heavy atom. The normalized spacial score (nSPS) is 12.9. The summed E-state index contributed by atoms with van der Waals surface area (Å²) in [6.45, 7) is 0.150. The van der Waals surface area contributed by atoms with Gasteiger partial charge in [0.2, 0.25) is 0 Å². The molecule has 0 aliphatic carbocycles. The zero-order chi connectivity index (χ0) is 14.8. The number of hydrogen-bond acceptors (Lipinski definition) is 6. The molecular weight excluding hydrogens is 288 g/mol. The van der Waals surface area contributed by atoms with E-state index in [4.69, 9.17) is 11.5 Å². The Hall–Kier alpha value is -0.960. The van der Waals surface area contributed by atoms with Crippen molar-refractivity contribution in [3.05, 3.63) is 23.8 Å². The molecule has 4 N–H and O–H groups in total. The fraction of sp³-hybridized carbons (Fsp3) is 0.455. The van der Waals surface area contributed by atoms with Crippen molar-refractivity contribution in [1.82, 2.24) is 0 Å². The first-order valence-corrected chi connectivity index (χ1v) is 9.34. The van der Waals surface area contributed by atoms with Crippen LogP contribution in [0.25, 0.3) is 0 Å². The van der Waals surface area contributed by atoms with Crippen molar-refractivity contribution in [2.45, 2.75) is 15.7 Å². The molecule has 0 aliphatic rings. The van der Waals surface area contributed by atoms with Crippen LogP contribution in [0.2, 0.25) is 0 Å². The van der Waals surface area contributed by atoms with E-state index in [0.717, 1.165) is 12.5 Å². The standard InChI is InChI=1S/C11H18N2O4S2/c1-18(14,15)9-4-3-5-10(19(2,16)17)11(9)8(6-12)7-13/h3-5,8H,6-7,12-13H2,1-2H3. The second-order valence-corrected chi connectivity index (χ2v) is 8.35. The Morgan fingerprint density at radius 1 is 0.947 bits per heavy atom. The van der Waals surface area contributed by atoms with Crippen LogP contribution in [-0.4, -0.2) is 42.4 Å². The van der Waals surface area contributed by atoms with E-state index in [1.807, 2.05) is 0 Å². The molecule has 0 atom stereocenters. The van der Waals surface area contributed by atoms with Crippen LogP contribution in [0.4, 0.5) is 0 Å². The largest absolute Gasteiger partial charge is 0.330 e. The third-order valence-corrected chi connectivity index (χ3v) is 5.11. The summed E-state index contributed by atoms with van der Waals surface area (Å²) in [4.78, 5) is -0.0624. The van der Waals surface area contributed by atoms with Gasteiger partial charge in [0.1, 0.15) is 0 Å². The van der Waals surface area contributed by atoms with Gasteiger partial charge in [-0.2, -0.15) is 0 Å². The topological polar surface area (TPSA) is 120 Å². The SMILES string of the molecule is CS(=O)(=O)c1cccc(S(C)(=O)=O)c1C(CN)CN. The van der Waals surface area contributed by atoms with Gasteiger partial charge >= 0.3 is 0 Å². The molecule has 0 aromatic heterocycles. The van der Waals surface area contributed by atoms with Crippen LogP contribution in [0.15, 0.2) is 28.0 Å². The van der Waals surface area contributed by atoms with Crippen molar-refractivity contribution in [3.8, 4) is 0 Å². The van der Waals surface area contributed by atoms with Crippen LogP contribution in [0.1, 0.15) is 11.5 Å². The molecule has 0 bridgehead atoms. The minimum absolute atomic E-state index is 0.0312. The fourth-order valence-electron chi connectivity index (χ4n) is 1.90.